The van der Waals surface area contributed by atoms with Gasteiger partial charge in [-0.3, -0.25) is 0 Å². The zero-order chi connectivity index (χ0) is 10.8. The van der Waals surface area contributed by atoms with Crippen molar-refractivity contribution < 1.29 is 0 Å². The summed E-state index contributed by atoms with van der Waals surface area (Å²) in [6.07, 6.45) is 2.43. The van der Waals surface area contributed by atoms with Crippen LogP contribution in [0.4, 0.5) is 5.82 Å². The topological polar surface area (TPSA) is 37.0 Å². The van der Waals surface area contributed by atoms with Crippen molar-refractivity contribution in [2.45, 2.75) is 25.8 Å². The molecule has 0 atom stereocenters. The fourth-order valence-electron chi connectivity index (χ4n) is 1.18. The van der Waals surface area contributed by atoms with Crippen molar-refractivity contribution in [1.29, 1.82) is 0 Å². The number of rotatable bonds is 2. The molecule has 15 heavy (non-hydrogen) atoms. The molecule has 3 nitrogen and oxygen atoms in total. The molecule has 1 aromatic rings. The van der Waals surface area contributed by atoms with Crippen LogP contribution in [0.25, 0.3) is 0 Å². The number of aryl methyl sites for hydroxylation is 1. The smallest absolute Gasteiger partial charge is 0.172 e. The van der Waals surface area contributed by atoms with E-state index in [0.717, 1.165) is 16.0 Å². The molecule has 2 rings (SSSR count). The third-order valence-electron chi connectivity index (χ3n) is 2.18. The highest BCUT2D eigenvalue weighted by atomic mass is 79.9. The summed E-state index contributed by atoms with van der Waals surface area (Å²) in [7, 11) is 0. The summed E-state index contributed by atoms with van der Waals surface area (Å²) in [6, 6.07) is 4.43. The van der Waals surface area contributed by atoms with E-state index in [2.05, 4.69) is 31.5 Å². The first-order chi connectivity index (χ1) is 7.15. The van der Waals surface area contributed by atoms with Crippen molar-refractivity contribution in [2.24, 2.45) is 0 Å². The van der Waals surface area contributed by atoms with Gasteiger partial charge in [-0.1, -0.05) is 0 Å². The predicted molar refractivity (Wildman–Crippen MR) is 69.1 cm³/mol. The average molecular weight is 286 g/mol. The van der Waals surface area contributed by atoms with Crippen molar-refractivity contribution in [2.75, 3.05) is 5.32 Å². The molecule has 0 radical (unpaired) electrons. The first kappa shape index (κ1) is 10.8. The van der Waals surface area contributed by atoms with E-state index in [1.807, 2.05) is 19.1 Å². The van der Waals surface area contributed by atoms with Gasteiger partial charge in [0.05, 0.1) is 5.69 Å². The third kappa shape index (κ3) is 3.14. The fourth-order valence-corrected chi connectivity index (χ4v) is 1.67. The molecule has 1 saturated carbocycles. The average Bonchev–Trinajstić information content (AvgIpc) is 2.95. The van der Waals surface area contributed by atoms with Gasteiger partial charge in [0.1, 0.15) is 5.82 Å². The molecule has 0 unspecified atom stereocenters. The maximum atomic E-state index is 5.15. The van der Waals surface area contributed by atoms with Gasteiger partial charge in [-0.05, 0) is 60.0 Å². The second kappa shape index (κ2) is 4.45. The summed E-state index contributed by atoms with van der Waals surface area (Å²) in [5.74, 6) is 0.786. The van der Waals surface area contributed by atoms with E-state index in [0.29, 0.717) is 11.2 Å². The molecule has 0 amide bonds. The number of nitrogens with zero attached hydrogens (tertiary/aromatic N) is 1. The van der Waals surface area contributed by atoms with E-state index in [9.17, 15) is 0 Å². The summed E-state index contributed by atoms with van der Waals surface area (Å²) < 4.78 is 1.01. The Hall–Kier alpha value is -0.680. The number of anilines is 1. The number of hydrogen-bond acceptors (Lipinski definition) is 2. The minimum absolute atomic E-state index is 0.571. The lowest BCUT2D eigenvalue weighted by atomic mass is 10.4. The Kier molecular flexibility index (Phi) is 3.21. The van der Waals surface area contributed by atoms with E-state index in [4.69, 9.17) is 12.2 Å². The molecule has 0 spiro atoms. The molecule has 0 saturated heterocycles. The molecule has 1 fully saturated rings. The van der Waals surface area contributed by atoms with Crippen molar-refractivity contribution in [1.82, 2.24) is 10.3 Å². The van der Waals surface area contributed by atoms with E-state index in [-0.39, 0.29) is 0 Å². The molecule has 1 aliphatic rings. The van der Waals surface area contributed by atoms with Gasteiger partial charge >= 0.3 is 0 Å². The Morgan fingerprint density at radius 2 is 2.27 bits per heavy atom. The zero-order valence-corrected chi connectivity index (χ0v) is 10.8. The van der Waals surface area contributed by atoms with Crippen molar-refractivity contribution in [3.63, 3.8) is 0 Å². The van der Waals surface area contributed by atoms with Crippen LogP contribution >= 0.6 is 28.1 Å². The van der Waals surface area contributed by atoms with Gasteiger partial charge in [0.25, 0.3) is 0 Å². The molecule has 1 aromatic heterocycles. The second-order valence-electron chi connectivity index (χ2n) is 3.64. The largest absolute Gasteiger partial charge is 0.360 e. The van der Waals surface area contributed by atoms with E-state index in [1.165, 1.54) is 12.8 Å². The molecule has 0 bridgehead atoms. The van der Waals surface area contributed by atoms with Crippen LogP contribution in [0.2, 0.25) is 0 Å². The minimum atomic E-state index is 0.571. The van der Waals surface area contributed by atoms with Gasteiger partial charge < -0.3 is 10.6 Å². The van der Waals surface area contributed by atoms with Crippen LogP contribution in [0.1, 0.15) is 18.5 Å². The van der Waals surface area contributed by atoms with Gasteiger partial charge in [0.2, 0.25) is 0 Å². The molecule has 2 N–H and O–H groups in total. The zero-order valence-electron chi connectivity index (χ0n) is 8.38. The van der Waals surface area contributed by atoms with Crippen molar-refractivity contribution in [3.05, 3.63) is 22.3 Å². The highest BCUT2D eigenvalue weighted by molar-refractivity contribution is 9.10. The Labute approximate surface area is 103 Å². The normalized spacial score (nSPS) is 14.8. The highest BCUT2D eigenvalue weighted by Crippen LogP contribution is 2.19. The van der Waals surface area contributed by atoms with Crippen LogP contribution in [0.5, 0.6) is 0 Å². The molecule has 5 heteroatoms. The summed E-state index contributed by atoms with van der Waals surface area (Å²) >= 11 is 8.56. The fraction of sp³-hybridized carbons (Fsp3) is 0.400. The Morgan fingerprint density at radius 1 is 1.53 bits per heavy atom. The van der Waals surface area contributed by atoms with E-state index in [1.54, 1.807) is 0 Å². The van der Waals surface area contributed by atoms with Crippen molar-refractivity contribution >= 4 is 39.1 Å². The van der Waals surface area contributed by atoms with Crippen molar-refractivity contribution in [3.8, 4) is 0 Å². The quantitative estimate of drug-likeness (QED) is 0.819. The molecule has 1 aliphatic carbocycles. The SMILES string of the molecule is Cc1nc(NC(=S)NC2CC2)ccc1Br. The van der Waals surface area contributed by atoms with Gasteiger partial charge in [-0.25, -0.2) is 4.98 Å². The van der Waals surface area contributed by atoms with Gasteiger partial charge in [0, 0.05) is 10.5 Å². The Balaban J connectivity index is 1.97. The standard InChI is InChI=1S/C10H12BrN3S/c1-6-8(11)4-5-9(12-6)14-10(15)13-7-2-3-7/h4-5,7H,2-3H2,1H3,(H2,12,13,14,15). The van der Waals surface area contributed by atoms with Crippen LogP contribution in [-0.2, 0) is 0 Å². The van der Waals surface area contributed by atoms with Crippen LogP contribution in [0.15, 0.2) is 16.6 Å². The molecule has 1 heterocycles. The van der Waals surface area contributed by atoms with Crippen LogP contribution in [0, 0.1) is 6.92 Å². The summed E-state index contributed by atoms with van der Waals surface area (Å²) in [5.41, 5.74) is 0.953. The first-order valence-electron chi connectivity index (χ1n) is 4.86. The number of thiocarbonyl (C=S) groups is 1. The molecular weight excluding hydrogens is 274 g/mol. The molecule has 0 aliphatic heterocycles. The number of hydrogen-bond donors (Lipinski definition) is 2. The molecule has 80 valence electrons. The first-order valence-corrected chi connectivity index (χ1v) is 6.06. The number of pyridine rings is 1. The summed E-state index contributed by atoms with van der Waals surface area (Å²) in [4.78, 5) is 4.35. The number of nitrogens with one attached hydrogen (secondary N) is 2. The summed E-state index contributed by atoms with van der Waals surface area (Å²) in [5, 5.41) is 6.93. The lowest BCUT2D eigenvalue weighted by Gasteiger charge is -2.09. The van der Waals surface area contributed by atoms with Gasteiger partial charge in [-0.15, -0.1) is 0 Å². The molecular formula is C10H12BrN3S. The highest BCUT2D eigenvalue weighted by Gasteiger charge is 2.21. The monoisotopic (exact) mass is 285 g/mol. The second-order valence-corrected chi connectivity index (χ2v) is 4.90. The minimum Gasteiger partial charge on any atom is -0.360 e. The van der Waals surface area contributed by atoms with E-state index >= 15 is 0 Å². The van der Waals surface area contributed by atoms with Crippen LogP contribution < -0.4 is 10.6 Å². The van der Waals surface area contributed by atoms with E-state index < -0.39 is 0 Å². The number of aromatic nitrogens is 1. The lowest BCUT2D eigenvalue weighted by molar-refractivity contribution is 0.918. The maximum Gasteiger partial charge on any atom is 0.172 e. The maximum absolute atomic E-state index is 5.15. The van der Waals surface area contributed by atoms with Gasteiger partial charge in [-0.2, -0.15) is 0 Å². The number of halogens is 1. The Bertz CT molecular complexity index is 390. The van der Waals surface area contributed by atoms with Crippen LogP contribution in [0.3, 0.4) is 0 Å². The van der Waals surface area contributed by atoms with Gasteiger partial charge in [0.15, 0.2) is 5.11 Å². The lowest BCUT2D eigenvalue weighted by Crippen LogP contribution is -2.30. The molecule has 0 aromatic carbocycles. The Morgan fingerprint density at radius 3 is 2.87 bits per heavy atom. The van der Waals surface area contributed by atoms with Crippen LogP contribution in [-0.4, -0.2) is 16.1 Å². The summed E-state index contributed by atoms with van der Waals surface area (Å²) in [6.45, 7) is 1.95. The predicted octanol–water partition coefficient (Wildman–Crippen LogP) is 2.60. The third-order valence-corrected chi connectivity index (χ3v) is 3.23.